The number of hydrogen-bond acceptors (Lipinski definition) is 2. The van der Waals surface area contributed by atoms with E-state index in [0.717, 1.165) is 23.3 Å². The molecule has 98 valence electrons. The van der Waals surface area contributed by atoms with E-state index in [0.29, 0.717) is 0 Å². The highest BCUT2D eigenvalue weighted by Crippen LogP contribution is 2.40. The molecule has 0 aromatic carbocycles. The fraction of sp³-hybridized carbons (Fsp3) is 1.00. The summed E-state index contributed by atoms with van der Waals surface area (Å²) in [7, 11) is -0.955. The van der Waals surface area contributed by atoms with Crippen molar-refractivity contribution in [2.75, 3.05) is 13.1 Å². The maximum Gasteiger partial charge on any atom is 0.195 e. The van der Waals surface area contributed by atoms with Crippen LogP contribution in [-0.4, -0.2) is 41.4 Å². The Bertz CT molecular complexity index is 223. The van der Waals surface area contributed by atoms with E-state index in [4.69, 9.17) is 16.0 Å². The van der Waals surface area contributed by atoms with Crippen molar-refractivity contribution in [3.63, 3.8) is 0 Å². The van der Waals surface area contributed by atoms with Crippen LogP contribution in [0, 0.1) is 0 Å². The van der Waals surface area contributed by atoms with Gasteiger partial charge in [-0.25, -0.2) is 0 Å². The molecular formula is C11H28ClNOSi2. The van der Waals surface area contributed by atoms with Gasteiger partial charge in [0.25, 0.3) is 0 Å². The lowest BCUT2D eigenvalue weighted by molar-refractivity contribution is 0.0496. The Morgan fingerprint density at radius 3 is 1.81 bits per heavy atom. The fourth-order valence-electron chi connectivity index (χ4n) is 1.47. The molecule has 0 rings (SSSR count). The molecule has 0 aromatic rings. The molecule has 1 atom stereocenters. The lowest BCUT2D eigenvalue weighted by atomic mass is 10.2. The average Bonchev–Trinajstić information content (AvgIpc) is 2.00. The number of nitrogens with zero attached hydrogens (tertiary/aromatic N) is 1. The van der Waals surface area contributed by atoms with Gasteiger partial charge in [-0.1, -0.05) is 46.2 Å². The van der Waals surface area contributed by atoms with Gasteiger partial charge in [-0.15, -0.1) is 0 Å². The van der Waals surface area contributed by atoms with E-state index in [9.17, 15) is 0 Å². The molecule has 1 unspecified atom stereocenters. The first-order valence-electron chi connectivity index (χ1n) is 6.12. The molecule has 5 heteroatoms. The standard InChI is InChI=1S/C11H28ClNOSi2/c1-8-13(9-2)11(12,15)14-16(6,7)10(3,4)5/h8-9H2,1-7,15H3. The van der Waals surface area contributed by atoms with E-state index < -0.39 is 13.1 Å². The average molecular weight is 282 g/mol. The van der Waals surface area contributed by atoms with Gasteiger partial charge in [0.05, 0.1) is 10.2 Å². The molecule has 0 radical (unpaired) electrons. The smallest absolute Gasteiger partial charge is 0.195 e. The quantitative estimate of drug-likeness (QED) is 0.332. The van der Waals surface area contributed by atoms with Crippen LogP contribution >= 0.6 is 11.6 Å². The number of alkyl halides is 1. The highest BCUT2D eigenvalue weighted by atomic mass is 35.5. The van der Waals surface area contributed by atoms with Crippen molar-refractivity contribution >= 4 is 30.2 Å². The SMILES string of the molecule is CCN(CC)C([SiH3])(Cl)O[Si](C)(C)C(C)(C)C. The third-order valence-electron chi connectivity index (χ3n) is 3.58. The zero-order chi connectivity index (χ0) is 13.2. The minimum Gasteiger partial charge on any atom is -0.391 e. The molecule has 0 saturated heterocycles. The topological polar surface area (TPSA) is 12.5 Å². The van der Waals surface area contributed by atoms with Crippen molar-refractivity contribution in [3.05, 3.63) is 0 Å². The maximum absolute atomic E-state index is 6.59. The minimum atomic E-state index is -1.77. The summed E-state index contributed by atoms with van der Waals surface area (Å²) >= 11 is 6.59. The number of rotatable bonds is 5. The molecule has 0 spiro atoms. The molecule has 0 fully saturated rings. The van der Waals surface area contributed by atoms with Gasteiger partial charge in [-0.3, -0.25) is 4.90 Å². The molecule has 0 N–H and O–H groups in total. The lowest BCUT2D eigenvalue weighted by Gasteiger charge is -2.45. The summed E-state index contributed by atoms with van der Waals surface area (Å²) in [5.41, 5.74) is 0. The largest absolute Gasteiger partial charge is 0.391 e. The molecule has 16 heavy (non-hydrogen) atoms. The van der Waals surface area contributed by atoms with Crippen LogP contribution in [0.4, 0.5) is 0 Å². The molecule has 0 aliphatic carbocycles. The van der Waals surface area contributed by atoms with E-state index in [1.807, 2.05) is 0 Å². The van der Waals surface area contributed by atoms with Crippen molar-refractivity contribution in [3.8, 4) is 0 Å². The van der Waals surface area contributed by atoms with Crippen molar-refractivity contribution in [1.29, 1.82) is 0 Å². The van der Waals surface area contributed by atoms with Crippen molar-refractivity contribution in [2.45, 2.75) is 57.6 Å². The van der Waals surface area contributed by atoms with Crippen LogP contribution in [0.15, 0.2) is 0 Å². The molecule has 0 heterocycles. The molecular weight excluding hydrogens is 254 g/mol. The molecule has 0 aliphatic rings. The summed E-state index contributed by atoms with van der Waals surface area (Å²) in [6, 6.07) is 0. The monoisotopic (exact) mass is 281 g/mol. The molecule has 0 saturated carbocycles. The molecule has 0 aromatic heterocycles. The van der Waals surface area contributed by atoms with Gasteiger partial charge >= 0.3 is 0 Å². The second kappa shape index (κ2) is 5.52. The molecule has 0 bridgehead atoms. The van der Waals surface area contributed by atoms with Crippen molar-refractivity contribution < 1.29 is 4.43 Å². The number of hydrogen-bond donors (Lipinski definition) is 0. The van der Waals surface area contributed by atoms with E-state index >= 15 is 0 Å². The summed E-state index contributed by atoms with van der Waals surface area (Å²) in [5.74, 6) is 0. The number of halogens is 1. The van der Waals surface area contributed by atoms with Crippen LogP contribution in [0.3, 0.4) is 0 Å². The Kier molecular flexibility index (Phi) is 5.75. The Morgan fingerprint density at radius 1 is 1.19 bits per heavy atom. The van der Waals surface area contributed by atoms with Crippen LogP contribution in [0.1, 0.15) is 34.6 Å². The summed E-state index contributed by atoms with van der Waals surface area (Å²) in [5, 5.41) is 0.213. The normalized spacial score (nSPS) is 17.8. The van der Waals surface area contributed by atoms with Gasteiger partial charge in [0.1, 0.15) is 0 Å². The second-order valence-corrected chi connectivity index (χ2v) is 13.3. The lowest BCUT2D eigenvalue weighted by Crippen LogP contribution is -2.55. The predicted molar refractivity (Wildman–Crippen MR) is 79.7 cm³/mol. The Morgan fingerprint density at radius 2 is 1.56 bits per heavy atom. The summed E-state index contributed by atoms with van der Waals surface area (Å²) < 4.78 is 6.33. The first-order chi connectivity index (χ1) is 6.98. The fourth-order valence-corrected chi connectivity index (χ4v) is 5.82. The Hall–Kier alpha value is 0.644. The van der Waals surface area contributed by atoms with Crippen molar-refractivity contribution in [1.82, 2.24) is 4.90 Å². The van der Waals surface area contributed by atoms with Gasteiger partial charge in [-0.2, -0.15) is 0 Å². The van der Waals surface area contributed by atoms with Gasteiger partial charge < -0.3 is 4.43 Å². The van der Waals surface area contributed by atoms with Gasteiger partial charge in [0, 0.05) is 0 Å². The van der Waals surface area contributed by atoms with E-state index in [2.05, 4.69) is 52.6 Å². The zero-order valence-electron chi connectivity index (χ0n) is 12.1. The van der Waals surface area contributed by atoms with Crippen LogP contribution in [0.2, 0.25) is 18.1 Å². The Labute approximate surface area is 110 Å². The first-order valence-corrected chi connectivity index (χ1v) is 10.4. The second-order valence-electron chi connectivity index (χ2n) is 5.90. The van der Waals surface area contributed by atoms with Gasteiger partial charge in [-0.05, 0) is 31.2 Å². The summed E-state index contributed by atoms with van der Waals surface area (Å²) in [4.78, 5) is 1.67. The van der Waals surface area contributed by atoms with E-state index in [1.54, 1.807) is 0 Å². The maximum atomic E-state index is 6.59. The first kappa shape index (κ1) is 16.6. The zero-order valence-corrected chi connectivity index (χ0v) is 15.9. The molecule has 0 aliphatic heterocycles. The van der Waals surface area contributed by atoms with E-state index in [-0.39, 0.29) is 5.04 Å². The van der Waals surface area contributed by atoms with Crippen LogP contribution in [0.25, 0.3) is 0 Å². The highest BCUT2D eigenvalue weighted by molar-refractivity contribution is 6.75. The molecule has 0 amide bonds. The molecule has 2 nitrogen and oxygen atoms in total. The highest BCUT2D eigenvalue weighted by Gasteiger charge is 2.43. The van der Waals surface area contributed by atoms with Crippen LogP contribution in [0.5, 0.6) is 0 Å². The van der Waals surface area contributed by atoms with Crippen molar-refractivity contribution in [2.24, 2.45) is 0 Å². The van der Waals surface area contributed by atoms with E-state index in [1.165, 1.54) is 0 Å². The van der Waals surface area contributed by atoms with Gasteiger partial charge in [0.15, 0.2) is 13.1 Å². The van der Waals surface area contributed by atoms with Gasteiger partial charge in [0.2, 0.25) is 0 Å². The van der Waals surface area contributed by atoms with Crippen LogP contribution in [-0.2, 0) is 4.43 Å². The summed E-state index contributed by atoms with van der Waals surface area (Å²) in [6.45, 7) is 17.4. The Balaban J connectivity index is 4.82. The van der Waals surface area contributed by atoms with Crippen LogP contribution < -0.4 is 0 Å². The third kappa shape index (κ3) is 4.15. The minimum absolute atomic E-state index is 0.213. The third-order valence-corrected chi connectivity index (χ3v) is 9.79. The summed E-state index contributed by atoms with van der Waals surface area (Å²) in [6.07, 6.45) is 0. The predicted octanol–water partition coefficient (Wildman–Crippen LogP) is 2.57.